The van der Waals surface area contributed by atoms with Gasteiger partial charge < -0.3 is 5.32 Å². The zero-order valence-electron chi connectivity index (χ0n) is 12.7. The molecule has 0 atom stereocenters. The Morgan fingerprint density at radius 1 is 1.04 bits per heavy atom. The number of carbonyl (C=O) groups excluding carboxylic acids is 2. The fourth-order valence-electron chi connectivity index (χ4n) is 1.95. The second-order valence-corrected chi connectivity index (χ2v) is 6.58. The summed E-state index contributed by atoms with van der Waals surface area (Å²) >= 11 is 0. The van der Waals surface area contributed by atoms with Crippen molar-refractivity contribution >= 4 is 33.1 Å². The van der Waals surface area contributed by atoms with Crippen LogP contribution in [0.2, 0.25) is 0 Å². The maximum Gasteiger partial charge on any atom is 0.269 e. The molecular formula is C15H13N3O6S. The van der Waals surface area contributed by atoms with E-state index < -0.39 is 33.1 Å². The van der Waals surface area contributed by atoms with Gasteiger partial charge in [-0.1, -0.05) is 0 Å². The van der Waals surface area contributed by atoms with Crippen LogP contribution in [0.3, 0.4) is 0 Å². The molecule has 0 fully saturated rings. The third kappa shape index (κ3) is 4.93. The molecule has 1 amide bonds. The summed E-state index contributed by atoms with van der Waals surface area (Å²) in [6.45, 7) is 0. The number of nitro groups is 1. The minimum Gasteiger partial charge on any atom is -0.326 e. The van der Waals surface area contributed by atoms with Crippen LogP contribution in [-0.4, -0.2) is 25.0 Å². The number of nitrogens with one attached hydrogen (secondary N) is 1. The van der Waals surface area contributed by atoms with E-state index in [9.17, 15) is 28.1 Å². The van der Waals surface area contributed by atoms with Crippen LogP contribution < -0.4 is 10.5 Å². The van der Waals surface area contributed by atoms with Crippen LogP contribution in [0.25, 0.3) is 0 Å². The van der Waals surface area contributed by atoms with E-state index in [1.54, 1.807) is 0 Å². The molecule has 0 radical (unpaired) electrons. The summed E-state index contributed by atoms with van der Waals surface area (Å²) in [6, 6.07) is 10.0. The smallest absolute Gasteiger partial charge is 0.269 e. The van der Waals surface area contributed by atoms with Crippen LogP contribution >= 0.6 is 0 Å². The van der Waals surface area contributed by atoms with Crippen LogP contribution in [-0.2, 0) is 14.8 Å². The molecule has 0 aliphatic heterocycles. The fourth-order valence-corrected chi connectivity index (χ4v) is 2.47. The van der Waals surface area contributed by atoms with Gasteiger partial charge in [0, 0.05) is 23.4 Å². The first-order valence-corrected chi connectivity index (χ1v) is 8.42. The molecule has 0 bridgehead atoms. The van der Waals surface area contributed by atoms with Gasteiger partial charge in [0.2, 0.25) is 15.9 Å². The van der Waals surface area contributed by atoms with Crippen molar-refractivity contribution in [3.63, 3.8) is 0 Å². The number of nitro benzene ring substituents is 1. The number of ketones is 1. The van der Waals surface area contributed by atoms with Crippen molar-refractivity contribution in [2.75, 3.05) is 5.32 Å². The van der Waals surface area contributed by atoms with Crippen molar-refractivity contribution in [3.8, 4) is 0 Å². The number of nitrogens with zero attached hydrogens (tertiary/aromatic N) is 1. The third-order valence-corrected chi connectivity index (χ3v) is 4.12. The third-order valence-electron chi connectivity index (χ3n) is 3.19. The van der Waals surface area contributed by atoms with Gasteiger partial charge in [0.15, 0.2) is 5.78 Å². The average molecular weight is 363 g/mol. The van der Waals surface area contributed by atoms with Crippen LogP contribution in [0, 0.1) is 10.1 Å². The lowest BCUT2D eigenvalue weighted by Crippen LogP contribution is -2.17. The summed E-state index contributed by atoms with van der Waals surface area (Å²) in [5, 5.41) is 18.0. The highest BCUT2D eigenvalue weighted by Crippen LogP contribution is 2.15. The number of amides is 1. The predicted molar refractivity (Wildman–Crippen MR) is 88.5 cm³/mol. The van der Waals surface area contributed by atoms with E-state index in [0.717, 1.165) is 0 Å². The minimum absolute atomic E-state index is 0.104. The quantitative estimate of drug-likeness (QED) is 0.343. The van der Waals surface area contributed by atoms with Gasteiger partial charge in [-0.15, -0.1) is 0 Å². The Kier molecular flexibility index (Phi) is 5.25. The maximum absolute atomic E-state index is 12.0. The fraction of sp³-hybridized carbons (Fsp3) is 0.0667. The number of sulfonamides is 1. The summed E-state index contributed by atoms with van der Waals surface area (Å²) in [5.41, 5.74) is 0.315. The molecule has 0 spiro atoms. The van der Waals surface area contributed by atoms with Crippen molar-refractivity contribution in [2.45, 2.75) is 11.3 Å². The highest BCUT2D eigenvalue weighted by atomic mass is 32.2. The molecule has 0 aromatic heterocycles. The molecule has 9 nitrogen and oxygen atoms in total. The molecule has 130 valence electrons. The average Bonchev–Trinajstić information content (AvgIpc) is 2.54. The Morgan fingerprint density at radius 3 is 2.08 bits per heavy atom. The molecule has 0 aliphatic rings. The number of hydrogen-bond donors (Lipinski definition) is 2. The van der Waals surface area contributed by atoms with Crippen molar-refractivity contribution in [1.82, 2.24) is 0 Å². The van der Waals surface area contributed by atoms with Gasteiger partial charge in [-0.05, 0) is 36.4 Å². The Morgan fingerprint density at radius 2 is 1.60 bits per heavy atom. The molecule has 2 aromatic rings. The summed E-state index contributed by atoms with van der Waals surface area (Å²) in [4.78, 5) is 33.7. The summed E-state index contributed by atoms with van der Waals surface area (Å²) in [5.74, 6) is -1.11. The van der Waals surface area contributed by atoms with Gasteiger partial charge in [0.05, 0.1) is 16.2 Å². The molecule has 2 rings (SSSR count). The van der Waals surface area contributed by atoms with Crippen LogP contribution in [0.5, 0.6) is 0 Å². The van der Waals surface area contributed by atoms with Gasteiger partial charge in [-0.3, -0.25) is 19.7 Å². The van der Waals surface area contributed by atoms with Crippen molar-refractivity contribution in [1.29, 1.82) is 0 Å². The van der Waals surface area contributed by atoms with E-state index in [1.807, 2.05) is 0 Å². The van der Waals surface area contributed by atoms with Crippen LogP contribution in [0.1, 0.15) is 16.8 Å². The first-order valence-electron chi connectivity index (χ1n) is 6.87. The van der Waals surface area contributed by atoms with E-state index in [4.69, 9.17) is 5.14 Å². The number of benzene rings is 2. The monoisotopic (exact) mass is 363 g/mol. The molecule has 0 saturated heterocycles. The van der Waals surface area contributed by atoms with Crippen LogP contribution in [0.15, 0.2) is 53.4 Å². The molecular weight excluding hydrogens is 350 g/mol. The van der Waals surface area contributed by atoms with E-state index in [1.165, 1.54) is 48.5 Å². The normalized spacial score (nSPS) is 10.9. The summed E-state index contributed by atoms with van der Waals surface area (Å²) in [6.07, 6.45) is -0.464. The lowest BCUT2D eigenvalue weighted by molar-refractivity contribution is -0.384. The first-order chi connectivity index (χ1) is 11.7. The van der Waals surface area contributed by atoms with Gasteiger partial charge in [0.1, 0.15) is 0 Å². The molecule has 3 N–H and O–H groups in total. The molecule has 2 aromatic carbocycles. The molecule has 0 aliphatic carbocycles. The van der Waals surface area contributed by atoms with E-state index in [2.05, 4.69) is 5.32 Å². The van der Waals surface area contributed by atoms with Crippen molar-refractivity contribution in [2.24, 2.45) is 5.14 Å². The van der Waals surface area contributed by atoms with Gasteiger partial charge in [0.25, 0.3) is 5.69 Å². The van der Waals surface area contributed by atoms with Crippen molar-refractivity contribution in [3.05, 3.63) is 64.2 Å². The van der Waals surface area contributed by atoms with Crippen molar-refractivity contribution < 1.29 is 22.9 Å². The summed E-state index contributed by atoms with van der Waals surface area (Å²) < 4.78 is 22.3. The zero-order valence-corrected chi connectivity index (χ0v) is 13.5. The zero-order chi connectivity index (χ0) is 18.6. The Labute approximate surface area is 142 Å². The largest absolute Gasteiger partial charge is 0.326 e. The second kappa shape index (κ2) is 7.20. The van der Waals surface area contributed by atoms with Gasteiger partial charge in [-0.25, -0.2) is 13.6 Å². The lowest BCUT2D eigenvalue weighted by Gasteiger charge is -2.06. The standard InChI is InChI=1S/C15H13N3O6S/c16-25(23,24)13-7-3-11(4-8-13)17-15(20)9-14(19)10-1-5-12(6-2-10)18(21)22/h1-8H,9H2,(H,17,20)(H2,16,23,24). The Bertz CT molecular complexity index is 921. The van der Waals surface area contributed by atoms with Gasteiger partial charge in [-0.2, -0.15) is 0 Å². The SMILES string of the molecule is NS(=O)(=O)c1ccc(NC(=O)CC(=O)c2ccc([N+](=O)[O-])cc2)cc1. The second-order valence-electron chi connectivity index (χ2n) is 5.02. The minimum atomic E-state index is -3.83. The highest BCUT2D eigenvalue weighted by Gasteiger charge is 2.14. The van der Waals surface area contributed by atoms with Gasteiger partial charge >= 0.3 is 0 Å². The predicted octanol–water partition coefficient (Wildman–Crippen LogP) is 1.45. The number of carbonyl (C=O) groups is 2. The number of hydrogen-bond acceptors (Lipinski definition) is 6. The molecule has 0 saturated carbocycles. The van der Waals surface area contributed by atoms with Crippen LogP contribution in [0.4, 0.5) is 11.4 Å². The number of primary sulfonamides is 1. The number of rotatable bonds is 6. The Balaban J connectivity index is 1.99. The molecule has 10 heteroatoms. The maximum atomic E-state index is 12.0. The van der Waals surface area contributed by atoms with E-state index in [-0.39, 0.29) is 16.1 Å². The van der Waals surface area contributed by atoms with E-state index >= 15 is 0 Å². The number of Topliss-reactive ketones (excluding diaryl/α,β-unsaturated/α-hetero) is 1. The molecule has 0 heterocycles. The number of nitrogens with two attached hydrogens (primary N) is 1. The highest BCUT2D eigenvalue weighted by molar-refractivity contribution is 7.89. The topological polar surface area (TPSA) is 149 Å². The first kappa shape index (κ1) is 18.2. The number of anilines is 1. The summed E-state index contributed by atoms with van der Waals surface area (Å²) in [7, 11) is -3.83. The van der Waals surface area contributed by atoms with E-state index in [0.29, 0.717) is 5.69 Å². The molecule has 25 heavy (non-hydrogen) atoms. The Hall–Kier alpha value is -3.11. The lowest BCUT2D eigenvalue weighted by atomic mass is 10.1. The number of non-ortho nitro benzene ring substituents is 1. The molecule has 0 unspecified atom stereocenters.